The molecule has 2 aliphatic heterocycles. The van der Waals surface area contributed by atoms with Crippen molar-refractivity contribution in [1.29, 1.82) is 0 Å². The number of nitrogens with one attached hydrogen (secondary N) is 2. The standard InChI is InChI=1S/C21H23N3O2/c1-13-11-16-5-3-4-6-19(16)24(13)21(26)14(2)22-17-8-9-18-15(12-17)7-10-20(25)23-18/h3-6,8-9,12-14,22H,7,10-11H2,1-2H3,(H,23,25). The Hall–Kier alpha value is -2.82. The lowest BCUT2D eigenvalue weighted by Crippen LogP contribution is -2.44. The van der Waals surface area contributed by atoms with Gasteiger partial charge in [-0.3, -0.25) is 9.59 Å². The van der Waals surface area contributed by atoms with Crippen LogP contribution in [0, 0.1) is 0 Å². The van der Waals surface area contributed by atoms with Crippen LogP contribution in [0.25, 0.3) is 0 Å². The zero-order valence-electron chi connectivity index (χ0n) is 15.1. The van der Waals surface area contributed by atoms with Crippen molar-refractivity contribution in [3.8, 4) is 0 Å². The molecule has 2 aliphatic rings. The van der Waals surface area contributed by atoms with Crippen LogP contribution in [0.5, 0.6) is 0 Å². The van der Waals surface area contributed by atoms with Crippen LogP contribution in [0.3, 0.4) is 0 Å². The largest absolute Gasteiger partial charge is 0.374 e. The first-order chi connectivity index (χ1) is 12.5. The summed E-state index contributed by atoms with van der Waals surface area (Å²) in [6.07, 6.45) is 2.13. The highest BCUT2D eigenvalue weighted by Gasteiger charge is 2.33. The van der Waals surface area contributed by atoms with Crippen LogP contribution in [0.1, 0.15) is 31.4 Å². The first-order valence-electron chi connectivity index (χ1n) is 9.13. The molecule has 134 valence electrons. The Labute approximate surface area is 153 Å². The van der Waals surface area contributed by atoms with Crippen molar-refractivity contribution in [2.24, 2.45) is 0 Å². The van der Waals surface area contributed by atoms with Gasteiger partial charge >= 0.3 is 0 Å². The molecule has 26 heavy (non-hydrogen) atoms. The normalized spacial score (nSPS) is 19.4. The third-order valence-corrected chi connectivity index (χ3v) is 5.20. The van der Waals surface area contributed by atoms with E-state index in [9.17, 15) is 9.59 Å². The number of hydrogen-bond donors (Lipinski definition) is 2. The molecule has 2 aromatic rings. The summed E-state index contributed by atoms with van der Waals surface area (Å²) in [5.74, 6) is 0.136. The molecule has 4 rings (SSSR count). The minimum atomic E-state index is -0.333. The third-order valence-electron chi connectivity index (χ3n) is 5.20. The van der Waals surface area contributed by atoms with Crippen molar-refractivity contribution in [1.82, 2.24) is 0 Å². The van der Waals surface area contributed by atoms with E-state index in [2.05, 4.69) is 23.6 Å². The molecule has 0 aromatic heterocycles. The van der Waals surface area contributed by atoms with Crippen molar-refractivity contribution < 1.29 is 9.59 Å². The predicted molar refractivity (Wildman–Crippen MR) is 104 cm³/mol. The molecule has 0 fully saturated rings. The van der Waals surface area contributed by atoms with Gasteiger partial charge in [-0.05, 0) is 62.1 Å². The summed E-state index contributed by atoms with van der Waals surface area (Å²) < 4.78 is 0. The lowest BCUT2D eigenvalue weighted by Gasteiger charge is -2.27. The average molecular weight is 349 g/mol. The molecule has 2 heterocycles. The second-order valence-electron chi connectivity index (χ2n) is 7.18. The first-order valence-corrected chi connectivity index (χ1v) is 9.13. The highest BCUT2D eigenvalue weighted by atomic mass is 16.2. The summed E-state index contributed by atoms with van der Waals surface area (Å²) in [6, 6.07) is 13.8. The van der Waals surface area contributed by atoms with E-state index < -0.39 is 0 Å². The number of rotatable bonds is 3. The minimum Gasteiger partial charge on any atom is -0.374 e. The van der Waals surface area contributed by atoms with Crippen molar-refractivity contribution in [3.05, 3.63) is 53.6 Å². The van der Waals surface area contributed by atoms with Gasteiger partial charge in [0.25, 0.3) is 0 Å². The van der Waals surface area contributed by atoms with E-state index in [1.807, 2.05) is 48.2 Å². The fourth-order valence-electron chi connectivity index (χ4n) is 3.89. The molecule has 0 radical (unpaired) electrons. The molecule has 0 spiro atoms. The van der Waals surface area contributed by atoms with E-state index in [-0.39, 0.29) is 23.9 Å². The summed E-state index contributed by atoms with van der Waals surface area (Å²) in [5, 5.41) is 6.21. The van der Waals surface area contributed by atoms with Crippen LogP contribution in [-0.4, -0.2) is 23.9 Å². The van der Waals surface area contributed by atoms with Gasteiger partial charge in [-0.25, -0.2) is 0 Å². The van der Waals surface area contributed by atoms with Crippen LogP contribution >= 0.6 is 0 Å². The summed E-state index contributed by atoms with van der Waals surface area (Å²) in [7, 11) is 0. The van der Waals surface area contributed by atoms with Gasteiger partial charge in [0.05, 0.1) is 0 Å². The van der Waals surface area contributed by atoms with Crippen LogP contribution in [0.15, 0.2) is 42.5 Å². The number of aryl methyl sites for hydroxylation is 1. The lowest BCUT2D eigenvalue weighted by atomic mass is 10.0. The van der Waals surface area contributed by atoms with Gasteiger partial charge in [0.1, 0.15) is 6.04 Å². The van der Waals surface area contributed by atoms with Crippen molar-refractivity contribution in [2.45, 2.75) is 45.2 Å². The number of benzene rings is 2. The molecule has 2 unspecified atom stereocenters. The molecule has 2 atom stereocenters. The van der Waals surface area contributed by atoms with Gasteiger partial charge in [-0.1, -0.05) is 18.2 Å². The molecule has 0 saturated heterocycles. The number of amides is 2. The Bertz CT molecular complexity index is 877. The summed E-state index contributed by atoms with van der Waals surface area (Å²) in [4.78, 5) is 26.4. The predicted octanol–water partition coefficient (Wildman–Crippen LogP) is 3.35. The fourth-order valence-corrected chi connectivity index (χ4v) is 3.89. The first kappa shape index (κ1) is 16.6. The Morgan fingerprint density at radius 1 is 1.19 bits per heavy atom. The Morgan fingerprint density at radius 2 is 2.00 bits per heavy atom. The van der Waals surface area contributed by atoms with Crippen LogP contribution in [0.4, 0.5) is 17.1 Å². The molecule has 0 bridgehead atoms. The molecule has 2 N–H and O–H groups in total. The Kier molecular flexibility index (Phi) is 4.15. The zero-order chi connectivity index (χ0) is 18.3. The van der Waals surface area contributed by atoms with E-state index in [0.717, 1.165) is 35.5 Å². The van der Waals surface area contributed by atoms with E-state index >= 15 is 0 Å². The summed E-state index contributed by atoms with van der Waals surface area (Å²) >= 11 is 0. The monoisotopic (exact) mass is 349 g/mol. The van der Waals surface area contributed by atoms with Gasteiger partial charge in [0, 0.05) is 29.5 Å². The molecular formula is C21H23N3O2. The highest BCUT2D eigenvalue weighted by molar-refractivity contribution is 6.01. The number of carbonyl (C=O) groups is 2. The van der Waals surface area contributed by atoms with Gasteiger partial charge in [-0.15, -0.1) is 0 Å². The number of anilines is 3. The number of para-hydroxylation sites is 1. The average Bonchev–Trinajstić information content (AvgIpc) is 2.96. The minimum absolute atomic E-state index is 0.0587. The highest BCUT2D eigenvalue weighted by Crippen LogP contribution is 2.33. The van der Waals surface area contributed by atoms with Gasteiger partial charge in [0.15, 0.2) is 0 Å². The molecular weight excluding hydrogens is 326 g/mol. The van der Waals surface area contributed by atoms with E-state index in [0.29, 0.717) is 6.42 Å². The molecule has 5 nitrogen and oxygen atoms in total. The van der Waals surface area contributed by atoms with E-state index in [1.165, 1.54) is 5.56 Å². The van der Waals surface area contributed by atoms with Crippen molar-refractivity contribution in [2.75, 3.05) is 15.5 Å². The number of carbonyl (C=O) groups excluding carboxylic acids is 2. The summed E-state index contributed by atoms with van der Waals surface area (Å²) in [6.45, 7) is 3.99. The zero-order valence-corrected chi connectivity index (χ0v) is 15.1. The maximum absolute atomic E-state index is 13.1. The quantitative estimate of drug-likeness (QED) is 0.893. The second-order valence-corrected chi connectivity index (χ2v) is 7.18. The third kappa shape index (κ3) is 2.94. The van der Waals surface area contributed by atoms with Crippen LogP contribution in [0.2, 0.25) is 0 Å². The fraction of sp³-hybridized carbons (Fsp3) is 0.333. The SMILES string of the molecule is CC(Nc1ccc2c(c1)CCC(=O)N2)C(=O)N1c2ccccc2CC1C. The molecule has 0 saturated carbocycles. The van der Waals surface area contributed by atoms with E-state index in [1.54, 1.807) is 0 Å². The number of nitrogens with zero attached hydrogens (tertiary/aromatic N) is 1. The number of hydrogen-bond acceptors (Lipinski definition) is 3. The van der Waals surface area contributed by atoms with Crippen LogP contribution in [-0.2, 0) is 22.4 Å². The molecule has 2 aromatic carbocycles. The second kappa shape index (κ2) is 6.48. The summed E-state index contributed by atoms with van der Waals surface area (Å²) in [5.41, 5.74) is 5.12. The van der Waals surface area contributed by atoms with Gasteiger partial charge < -0.3 is 15.5 Å². The van der Waals surface area contributed by atoms with Crippen molar-refractivity contribution in [3.63, 3.8) is 0 Å². The maximum Gasteiger partial charge on any atom is 0.249 e. The Morgan fingerprint density at radius 3 is 2.85 bits per heavy atom. The Balaban J connectivity index is 1.51. The number of fused-ring (bicyclic) bond motifs is 2. The molecule has 5 heteroatoms. The van der Waals surface area contributed by atoms with Gasteiger partial charge in [-0.2, -0.15) is 0 Å². The van der Waals surface area contributed by atoms with Gasteiger partial charge in [0.2, 0.25) is 11.8 Å². The van der Waals surface area contributed by atoms with E-state index in [4.69, 9.17) is 0 Å². The molecule has 2 amide bonds. The van der Waals surface area contributed by atoms with Crippen LogP contribution < -0.4 is 15.5 Å². The molecule has 0 aliphatic carbocycles. The lowest BCUT2D eigenvalue weighted by molar-refractivity contribution is -0.119. The smallest absolute Gasteiger partial charge is 0.249 e. The maximum atomic E-state index is 13.1. The van der Waals surface area contributed by atoms with Crippen molar-refractivity contribution >= 4 is 28.9 Å². The topological polar surface area (TPSA) is 61.4 Å².